The fraction of sp³-hybridized carbons (Fsp3) is 0.750. The number of hydrogen-bond donors (Lipinski definition) is 4. The zero-order valence-corrected chi connectivity index (χ0v) is 16.7. The first-order valence-electron chi connectivity index (χ1n) is 8.29. The van der Waals surface area contributed by atoms with Crippen LogP contribution < -0.4 is 5.32 Å². The second-order valence-electron chi connectivity index (χ2n) is 7.53. The van der Waals surface area contributed by atoms with Crippen molar-refractivity contribution in [1.29, 1.82) is 0 Å². The van der Waals surface area contributed by atoms with Gasteiger partial charge in [-0.2, -0.15) is 23.8 Å². The summed E-state index contributed by atoms with van der Waals surface area (Å²) in [5, 5.41) is 15.9. The summed E-state index contributed by atoms with van der Waals surface area (Å²) in [6, 6.07) is 1.40. The van der Waals surface area contributed by atoms with Crippen molar-refractivity contribution >= 4 is 22.4 Å². The molecule has 0 aromatic carbocycles. The summed E-state index contributed by atoms with van der Waals surface area (Å²) in [7, 11) is -3.65. The van der Waals surface area contributed by atoms with Gasteiger partial charge in [-0.15, -0.1) is 0 Å². The molecular formula is C16H27F3N2O5S. The molecule has 0 radical (unpaired) electrons. The lowest BCUT2D eigenvalue weighted by Gasteiger charge is -2.45. The van der Waals surface area contributed by atoms with Crippen molar-refractivity contribution in [3.8, 4) is 0 Å². The van der Waals surface area contributed by atoms with Gasteiger partial charge in [0.25, 0.3) is 5.91 Å². The van der Waals surface area contributed by atoms with Crippen LogP contribution in [0.3, 0.4) is 0 Å². The van der Waals surface area contributed by atoms with Crippen LogP contribution in [0.25, 0.3) is 0 Å². The number of hydrogen-bond acceptors (Lipinski definition) is 6. The van der Waals surface area contributed by atoms with E-state index in [0.717, 1.165) is 0 Å². The number of alkyl halides is 3. The van der Waals surface area contributed by atoms with Gasteiger partial charge in [0.15, 0.2) is 0 Å². The van der Waals surface area contributed by atoms with Gasteiger partial charge >= 0.3 is 6.18 Å². The third-order valence-corrected chi connectivity index (χ3v) is 7.38. The molecule has 1 aromatic rings. The molecule has 0 saturated carbocycles. The summed E-state index contributed by atoms with van der Waals surface area (Å²) in [6.45, 7) is 7.50. The highest BCUT2D eigenvalue weighted by molar-refractivity contribution is 8.26. The van der Waals surface area contributed by atoms with Gasteiger partial charge in [-0.25, -0.2) is 0 Å². The number of anilines is 1. The average Bonchev–Trinajstić information content (AvgIpc) is 2.94. The molecule has 0 aliphatic rings. The molecule has 0 aliphatic carbocycles. The number of rotatable bonds is 8. The quantitative estimate of drug-likeness (QED) is 0.506. The summed E-state index contributed by atoms with van der Waals surface area (Å²) < 4.78 is 60.5. The van der Waals surface area contributed by atoms with Gasteiger partial charge in [0.1, 0.15) is 4.75 Å². The topological polar surface area (TPSA) is 116 Å². The highest BCUT2D eigenvalue weighted by atomic mass is 32.3. The van der Waals surface area contributed by atoms with E-state index in [9.17, 15) is 32.2 Å². The lowest BCUT2D eigenvalue weighted by molar-refractivity contribution is -0.134. The second kappa shape index (κ2) is 7.98. The molecule has 27 heavy (non-hydrogen) atoms. The van der Waals surface area contributed by atoms with Crippen LogP contribution in [0, 0.1) is 0 Å². The van der Waals surface area contributed by atoms with Crippen molar-refractivity contribution in [3.63, 3.8) is 0 Å². The van der Waals surface area contributed by atoms with Crippen LogP contribution in [-0.2, 0) is 10.2 Å². The molecule has 0 fully saturated rings. The van der Waals surface area contributed by atoms with Gasteiger partial charge in [-0.3, -0.25) is 19.2 Å². The van der Waals surface area contributed by atoms with Gasteiger partial charge in [-0.05, 0) is 27.2 Å². The van der Waals surface area contributed by atoms with Crippen LogP contribution in [0.2, 0.25) is 0 Å². The van der Waals surface area contributed by atoms with E-state index in [2.05, 4.69) is 10.5 Å². The summed E-state index contributed by atoms with van der Waals surface area (Å²) in [4.78, 5) is 12.5. The molecule has 4 N–H and O–H groups in total. The van der Waals surface area contributed by atoms with Crippen molar-refractivity contribution in [2.45, 2.75) is 69.9 Å². The van der Waals surface area contributed by atoms with Gasteiger partial charge in [-0.1, -0.05) is 19.0 Å². The second-order valence-corrected chi connectivity index (χ2v) is 10.3. The van der Waals surface area contributed by atoms with E-state index in [-0.39, 0.29) is 5.88 Å². The number of aliphatic hydroxyl groups is 1. The number of nitrogens with zero attached hydrogens (tertiary/aromatic N) is 1. The molecule has 0 aliphatic heterocycles. The Morgan fingerprint density at radius 2 is 1.85 bits per heavy atom. The normalized spacial score (nSPS) is 15.5. The number of aliphatic hydroxyl groups excluding tert-OH is 1. The summed E-state index contributed by atoms with van der Waals surface area (Å²) in [5.74, 6) is -1.45. The van der Waals surface area contributed by atoms with Crippen LogP contribution in [0.5, 0.6) is 0 Å². The Bertz CT molecular complexity index is 657. The molecule has 1 atom stereocenters. The maximum atomic E-state index is 12.5. The molecule has 158 valence electrons. The Morgan fingerprint density at radius 3 is 2.33 bits per heavy atom. The predicted octanol–water partition coefficient (Wildman–Crippen LogP) is 4.14. The van der Waals surface area contributed by atoms with Gasteiger partial charge in [0.05, 0.1) is 11.8 Å². The van der Waals surface area contributed by atoms with E-state index >= 15 is 0 Å². The van der Waals surface area contributed by atoms with Crippen LogP contribution >= 0.6 is 10.6 Å². The maximum absolute atomic E-state index is 12.5. The number of aromatic nitrogens is 1. The molecule has 1 unspecified atom stereocenters. The van der Waals surface area contributed by atoms with Crippen LogP contribution in [0.15, 0.2) is 10.6 Å². The van der Waals surface area contributed by atoms with Crippen LogP contribution in [0.1, 0.15) is 53.2 Å². The van der Waals surface area contributed by atoms with Crippen molar-refractivity contribution < 1.29 is 36.7 Å². The number of carbonyl (C=O) groups is 1. The third-order valence-electron chi connectivity index (χ3n) is 4.70. The van der Waals surface area contributed by atoms with Gasteiger partial charge < -0.3 is 9.63 Å². The van der Waals surface area contributed by atoms with Gasteiger partial charge in [0, 0.05) is 23.7 Å². The summed E-state index contributed by atoms with van der Waals surface area (Å²) in [5.41, 5.74) is -0.370. The van der Waals surface area contributed by atoms with E-state index < -0.39 is 57.5 Å². The highest BCUT2D eigenvalue weighted by Gasteiger charge is 2.42. The number of halogens is 3. The minimum Gasteiger partial charge on any atom is -0.392 e. The average molecular weight is 416 g/mol. The fourth-order valence-corrected chi connectivity index (χ4v) is 3.40. The molecule has 0 bridgehead atoms. The number of carbonyl (C=O) groups excluding carboxylic acids is 1. The molecule has 0 saturated heterocycles. The lowest BCUT2D eigenvalue weighted by Crippen LogP contribution is -2.42. The highest BCUT2D eigenvalue weighted by Crippen LogP contribution is 2.53. The van der Waals surface area contributed by atoms with E-state index in [1.54, 1.807) is 20.8 Å². The van der Waals surface area contributed by atoms with Crippen molar-refractivity contribution in [2.24, 2.45) is 0 Å². The Hall–Kier alpha value is -1.30. The van der Waals surface area contributed by atoms with E-state index in [4.69, 9.17) is 4.52 Å². The fourth-order valence-electron chi connectivity index (χ4n) is 1.99. The van der Waals surface area contributed by atoms with E-state index in [1.165, 1.54) is 19.9 Å². The largest absolute Gasteiger partial charge is 0.392 e. The minimum atomic E-state index is -4.41. The van der Waals surface area contributed by atoms with Crippen LogP contribution in [0.4, 0.5) is 19.1 Å². The first-order chi connectivity index (χ1) is 12.0. The lowest BCUT2D eigenvalue weighted by atomic mass is 9.84. The van der Waals surface area contributed by atoms with Gasteiger partial charge in [0.2, 0.25) is 5.88 Å². The molecule has 1 amide bonds. The number of amides is 1. The zero-order chi connectivity index (χ0) is 21.3. The molecule has 1 heterocycles. The molecule has 11 heteroatoms. The molecule has 1 aromatic heterocycles. The standard InChI is InChI=1S/C16H27F3N2O5S/c1-10(22)14(2,3)11-9-12(26-21-11)20-13(23)15(4,5)27(24,25)8-6-7-16(17,18)19/h9-10,22,24-25H,6-8H2,1-5H3,(H,20,23). The minimum absolute atomic E-state index is 0.0673. The zero-order valence-electron chi connectivity index (χ0n) is 15.9. The SMILES string of the molecule is CC(O)C(C)(C)c1cc(NC(=O)C(C)(C)S(O)(O)CCCC(F)(F)F)on1. The molecular weight excluding hydrogens is 389 g/mol. The van der Waals surface area contributed by atoms with Crippen molar-refractivity contribution in [2.75, 3.05) is 11.1 Å². The summed E-state index contributed by atoms with van der Waals surface area (Å²) >= 11 is 0. The Kier molecular flexibility index (Phi) is 7.01. The van der Waals surface area contributed by atoms with Crippen molar-refractivity contribution in [1.82, 2.24) is 5.16 Å². The number of nitrogens with one attached hydrogen (secondary N) is 1. The first-order valence-corrected chi connectivity index (χ1v) is 10.0. The Balaban J connectivity index is 2.84. The first kappa shape index (κ1) is 23.7. The van der Waals surface area contributed by atoms with Crippen LogP contribution in [-0.4, -0.2) is 48.1 Å². The Labute approximate surface area is 157 Å². The van der Waals surface area contributed by atoms with E-state index in [0.29, 0.717) is 5.69 Å². The molecule has 1 rings (SSSR count). The third kappa shape index (κ3) is 5.84. The maximum Gasteiger partial charge on any atom is 0.389 e. The molecule has 0 spiro atoms. The monoisotopic (exact) mass is 416 g/mol. The summed E-state index contributed by atoms with van der Waals surface area (Å²) in [6.07, 6.45) is -6.82. The smallest absolute Gasteiger partial charge is 0.389 e. The Morgan fingerprint density at radius 1 is 1.30 bits per heavy atom. The molecule has 7 nitrogen and oxygen atoms in total. The van der Waals surface area contributed by atoms with Crippen molar-refractivity contribution in [3.05, 3.63) is 11.8 Å². The predicted molar refractivity (Wildman–Crippen MR) is 96.9 cm³/mol. The van der Waals surface area contributed by atoms with E-state index in [1.807, 2.05) is 0 Å².